The van der Waals surface area contributed by atoms with Gasteiger partial charge in [-0.3, -0.25) is 0 Å². The number of ether oxygens (including phenoxy) is 1. The zero-order valence-corrected chi connectivity index (χ0v) is 10.3. The first-order valence-corrected chi connectivity index (χ1v) is 7.74. The van der Waals surface area contributed by atoms with Gasteiger partial charge in [0.25, 0.3) is 0 Å². The van der Waals surface area contributed by atoms with Crippen molar-refractivity contribution in [2.24, 2.45) is 0 Å². The molecule has 1 unspecified atom stereocenters. The SMILES string of the molecule is C=CC(=O)OCCC[Si](C)(CC)OC. The van der Waals surface area contributed by atoms with Gasteiger partial charge in [0.1, 0.15) is 0 Å². The zero-order chi connectivity index (χ0) is 11.0. The Morgan fingerprint density at radius 3 is 2.64 bits per heavy atom. The lowest BCUT2D eigenvalue weighted by Crippen LogP contribution is -2.32. The molecule has 0 aromatic rings. The Morgan fingerprint density at radius 1 is 1.57 bits per heavy atom. The molecule has 0 rings (SSSR count). The van der Waals surface area contributed by atoms with Crippen LogP contribution in [-0.4, -0.2) is 28.0 Å². The molecule has 4 heteroatoms. The lowest BCUT2D eigenvalue weighted by Gasteiger charge is -2.23. The van der Waals surface area contributed by atoms with Crippen molar-refractivity contribution in [2.75, 3.05) is 13.7 Å². The summed E-state index contributed by atoms with van der Waals surface area (Å²) in [7, 11) is 0.273. The van der Waals surface area contributed by atoms with Crippen LogP contribution in [0.4, 0.5) is 0 Å². The van der Waals surface area contributed by atoms with E-state index < -0.39 is 8.32 Å². The van der Waals surface area contributed by atoms with Crippen LogP contribution in [-0.2, 0) is 14.0 Å². The predicted octanol–water partition coefficient (Wildman–Crippen LogP) is 2.35. The maximum atomic E-state index is 10.7. The molecule has 1 atom stereocenters. The summed E-state index contributed by atoms with van der Waals surface area (Å²) in [5, 5.41) is 0. The lowest BCUT2D eigenvalue weighted by molar-refractivity contribution is -0.137. The van der Waals surface area contributed by atoms with Crippen molar-refractivity contribution < 1.29 is 14.0 Å². The van der Waals surface area contributed by atoms with E-state index in [2.05, 4.69) is 20.0 Å². The molecule has 3 nitrogen and oxygen atoms in total. The second-order valence-electron chi connectivity index (χ2n) is 3.48. The van der Waals surface area contributed by atoms with Crippen LogP contribution in [0.15, 0.2) is 12.7 Å². The Morgan fingerprint density at radius 2 is 2.21 bits per heavy atom. The first kappa shape index (κ1) is 13.4. The van der Waals surface area contributed by atoms with Gasteiger partial charge in [-0.15, -0.1) is 0 Å². The molecule has 0 saturated carbocycles. The number of rotatable bonds is 7. The Kier molecular flexibility index (Phi) is 6.49. The van der Waals surface area contributed by atoms with Crippen LogP contribution in [0.5, 0.6) is 0 Å². The van der Waals surface area contributed by atoms with E-state index in [0.29, 0.717) is 6.61 Å². The highest BCUT2D eigenvalue weighted by Crippen LogP contribution is 2.17. The van der Waals surface area contributed by atoms with Crippen molar-refractivity contribution in [3.63, 3.8) is 0 Å². The van der Waals surface area contributed by atoms with Gasteiger partial charge in [-0.2, -0.15) is 0 Å². The van der Waals surface area contributed by atoms with Gasteiger partial charge < -0.3 is 9.16 Å². The lowest BCUT2D eigenvalue weighted by atomic mass is 10.5. The maximum Gasteiger partial charge on any atom is 0.330 e. The number of carbonyl (C=O) groups excluding carboxylic acids is 1. The Labute approximate surface area is 87.2 Å². The fourth-order valence-electron chi connectivity index (χ4n) is 1.10. The van der Waals surface area contributed by atoms with E-state index in [1.807, 2.05) is 0 Å². The summed E-state index contributed by atoms with van der Waals surface area (Å²) in [6.07, 6.45) is 2.07. The molecular weight excluding hydrogens is 196 g/mol. The molecule has 0 spiro atoms. The minimum absolute atomic E-state index is 0.345. The molecule has 0 fully saturated rings. The normalized spacial score (nSPS) is 14.5. The minimum atomic E-state index is -1.50. The molecule has 14 heavy (non-hydrogen) atoms. The third kappa shape index (κ3) is 5.19. The molecule has 0 saturated heterocycles. The van der Waals surface area contributed by atoms with E-state index in [9.17, 15) is 4.79 Å². The summed E-state index contributed by atoms with van der Waals surface area (Å²) >= 11 is 0. The van der Waals surface area contributed by atoms with Gasteiger partial charge in [0, 0.05) is 13.2 Å². The quantitative estimate of drug-likeness (QED) is 0.284. The minimum Gasteiger partial charge on any atom is -0.463 e. The average Bonchev–Trinajstić information content (AvgIpc) is 2.23. The number of hydrogen-bond donors (Lipinski definition) is 0. The van der Waals surface area contributed by atoms with Crippen molar-refractivity contribution in [3.05, 3.63) is 12.7 Å². The van der Waals surface area contributed by atoms with Crippen LogP contribution in [0.2, 0.25) is 18.6 Å². The van der Waals surface area contributed by atoms with E-state index in [1.54, 1.807) is 7.11 Å². The van der Waals surface area contributed by atoms with Gasteiger partial charge in [-0.25, -0.2) is 4.79 Å². The van der Waals surface area contributed by atoms with Crippen LogP contribution in [0.3, 0.4) is 0 Å². The molecule has 0 bridgehead atoms. The standard InChI is InChI=1S/C10H20O3Si/c1-5-10(11)13-8-7-9-14(4,6-2)12-3/h5H,1,6-9H2,2-4H3. The van der Waals surface area contributed by atoms with E-state index >= 15 is 0 Å². The molecule has 82 valence electrons. The molecular formula is C10H20O3Si. The highest BCUT2D eigenvalue weighted by atomic mass is 28.4. The van der Waals surface area contributed by atoms with Crippen molar-refractivity contribution >= 4 is 14.3 Å². The average molecular weight is 216 g/mol. The van der Waals surface area contributed by atoms with Gasteiger partial charge in [0.05, 0.1) is 6.61 Å². The van der Waals surface area contributed by atoms with Crippen LogP contribution >= 0.6 is 0 Å². The van der Waals surface area contributed by atoms with Crippen LogP contribution in [0.25, 0.3) is 0 Å². The maximum absolute atomic E-state index is 10.7. The molecule has 0 aromatic heterocycles. The fraction of sp³-hybridized carbons (Fsp3) is 0.700. The van der Waals surface area contributed by atoms with Gasteiger partial charge in [-0.1, -0.05) is 13.5 Å². The summed E-state index contributed by atoms with van der Waals surface area (Å²) in [5.74, 6) is -0.345. The topological polar surface area (TPSA) is 35.5 Å². The van der Waals surface area contributed by atoms with Gasteiger partial charge >= 0.3 is 5.97 Å². The van der Waals surface area contributed by atoms with Crippen LogP contribution < -0.4 is 0 Å². The highest BCUT2D eigenvalue weighted by molar-refractivity contribution is 6.72. The highest BCUT2D eigenvalue weighted by Gasteiger charge is 2.24. The molecule has 0 heterocycles. The Balaban J connectivity index is 3.62. The van der Waals surface area contributed by atoms with Gasteiger partial charge in [0.15, 0.2) is 8.32 Å². The molecule has 0 amide bonds. The summed E-state index contributed by atoms with van der Waals surface area (Å²) in [5.41, 5.74) is 0. The second-order valence-corrected chi connectivity index (χ2v) is 8.00. The monoisotopic (exact) mass is 216 g/mol. The first-order valence-electron chi connectivity index (χ1n) is 4.92. The van der Waals surface area contributed by atoms with Gasteiger partial charge in [-0.05, 0) is 25.1 Å². The molecule has 0 aromatic carbocycles. The largest absolute Gasteiger partial charge is 0.463 e. The molecule has 0 N–H and O–H groups in total. The van der Waals surface area contributed by atoms with Crippen LogP contribution in [0, 0.1) is 0 Å². The summed E-state index contributed by atoms with van der Waals surface area (Å²) in [6, 6.07) is 2.13. The summed E-state index contributed by atoms with van der Waals surface area (Å²) in [6.45, 7) is 8.14. The summed E-state index contributed by atoms with van der Waals surface area (Å²) < 4.78 is 10.4. The predicted molar refractivity (Wildman–Crippen MR) is 59.7 cm³/mol. The smallest absolute Gasteiger partial charge is 0.330 e. The van der Waals surface area contributed by atoms with E-state index in [-0.39, 0.29) is 5.97 Å². The zero-order valence-electron chi connectivity index (χ0n) is 9.34. The molecule has 0 radical (unpaired) electrons. The molecule has 0 aliphatic carbocycles. The van der Waals surface area contributed by atoms with E-state index in [4.69, 9.17) is 9.16 Å². The second kappa shape index (κ2) is 6.78. The van der Waals surface area contributed by atoms with Crippen molar-refractivity contribution in [1.29, 1.82) is 0 Å². The number of carbonyl (C=O) groups is 1. The fourth-order valence-corrected chi connectivity index (χ4v) is 2.84. The van der Waals surface area contributed by atoms with E-state index in [0.717, 1.165) is 18.5 Å². The van der Waals surface area contributed by atoms with Crippen molar-refractivity contribution in [2.45, 2.75) is 32.0 Å². The Bertz CT molecular complexity index is 188. The third-order valence-electron chi connectivity index (χ3n) is 2.50. The van der Waals surface area contributed by atoms with Crippen molar-refractivity contribution in [3.8, 4) is 0 Å². The third-order valence-corrected chi connectivity index (χ3v) is 6.39. The van der Waals surface area contributed by atoms with E-state index in [1.165, 1.54) is 6.08 Å². The van der Waals surface area contributed by atoms with Crippen molar-refractivity contribution in [1.82, 2.24) is 0 Å². The molecule has 0 aliphatic heterocycles. The Hall–Kier alpha value is -0.613. The van der Waals surface area contributed by atoms with Crippen LogP contribution in [0.1, 0.15) is 13.3 Å². The summed E-state index contributed by atoms with van der Waals surface area (Å²) in [4.78, 5) is 10.7. The van der Waals surface area contributed by atoms with Gasteiger partial charge in [0.2, 0.25) is 0 Å². The number of esters is 1. The first-order chi connectivity index (χ1) is 6.58. The number of hydrogen-bond acceptors (Lipinski definition) is 3. The molecule has 0 aliphatic rings.